The maximum absolute atomic E-state index is 13.3. The summed E-state index contributed by atoms with van der Waals surface area (Å²) in [6.07, 6.45) is 3.06. The lowest BCUT2D eigenvalue weighted by atomic mass is 10.00. The molecule has 5 aromatic rings. The molecule has 4 heteroatoms. The van der Waals surface area contributed by atoms with Gasteiger partial charge in [-0.1, -0.05) is 103 Å². The highest BCUT2D eigenvalue weighted by atomic mass is 16.5. The monoisotopic (exact) mass is 470 g/mol. The molecule has 174 valence electrons. The van der Waals surface area contributed by atoms with Gasteiger partial charge in [0.25, 0.3) is 0 Å². The van der Waals surface area contributed by atoms with E-state index in [1.54, 1.807) is 42.5 Å². The van der Waals surface area contributed by atoms with E-state index in [4.69, 9.17) is 9.47 Å². The fourth-order valence-corrected chi connectivity index (χ4v) is 4.00. The van der Waals surface area contributed by atoms with Crippen molar-refractivity contribution in [3.63, 3.8) is 0 Å². The average molecular weight is 471 g/mol. The number of hydrogen-bond donors (Lipinski definition) is 0. The minimum absolute atomic E-state index is 0.315. The molecule has 5 rings (SSSR count). The van der Waals surface area contributed by atoms with E-state index < -0.39 is 11.9 Å². The topological polar surface area (TPSA) is 52.6 Å². The third-order valence-electron chi connectivity index (χ3n) is 5.68. The summed E-state index contributed by atoms with van der Waals surface area (Å²) in [4.78, 5) is 25.9. The number of ether oxygens (including phenoxy) is 2. The first-order chi connectivity index (χ1) is 17.7. The SMILES string of the molecule is O=C(/C=C/c1ccccc1)Oc1cccc2cccc(OC(=O)c3ccccc3-c3ccccc3)c12. The van der Waals surface area contributed by atoms with Crippen molar-refractivity contribution in [3.05, 3.63) is 139 Å². The Morgan fingerprint density at radius 3 is 1.92 bits per heavy atom. The molecule has 0 fully saturated rings. The van der Waals surface area contributed by atoms with Gasteiger partial charge in [0.15, 0.2) is 0 Å². The van der Waals surface area contributed by atoms with E-state index >= 15 is 0 Å². The largest absolute Gasteiger partial charge is 0.423 e. The van der Waals surface area contributed by atoms with Gasteiger partial charge in [0.05, 0.1) is 10.9 Å². The molecule has 0 N–H and O–H groups in total. The van der Waals surface area contributed by atoms with Crippen LogP contribution in [0.15, 0.2) is 127 Å². The van der Waals surface area contributed by atoms with Crippen LogP contribution < -0.4 is 9.47 Å². The highest BCUT2D eigenvalue weighted by molar-refractivity contribution is 6.02. The summed E-state index contributed by atoms with van der Waals surface area (Å²) in [6, 6.07) is 37.2. The first-order valence-corrected chi connectivity index (χ1v) is 11.5. The van der Waals surface area contributed by atoms with Gasteiger partial charge in [-0.15, -0.1) is 0 Å². The van der Waals surface area contributed by atoms with Gasteiger partial charge in [0, 0.05) is 6.08 Å². The zero-order chi connectivity index (χ0) is 24.7. The van der Waals surface area contributed by atoms with E-state index in [0.717, 1.165) is 22.1 Å². The van der Waals surface area contributed by atoms with Crippen molar-refractivity contribution in [1.29, 1.82) is 0 Å². The zero-order valence-electron chi connectivity index (χ0n) is 19.3. The summed E-state index contributed by atoms with van der Waals surface area (Å²) >= 11 is 0. The van der Waals surface area contributed by atoms with Crippen LogP contribution in [-0.2, 0) is 4.79 Å². The number of benzene rings is 5. The first kappa shape index (κ1) is 22.8. The molecule has 0 bridgehead atoms. The van der Waals surface area contributed by atoms with Crippen molar-refractivity contribution in [2.24, 2.45) is 0 Å². The van der Waals surface area contributed by atoms with Crippen LogP contribution >= 0.6 is 0 Å². The van der Waals surface area contributed by atoms with Gasteiger partial charge in [0.2, 0.25) is 0 Å². The lowest BCUT2D eigenvalue weighted by Gasteiger charge is -2.13. The third kappa shape index (κ3) is 5.08. The fraction of sp³-hybridized carbons (Fsp3) is 0. The molecule has 0 aromatic heterocycles. The predicted octanol–water partition coefficient (Wildman–Crippen LogP) is 7.34. The lowest BCUT2D eigenvalue weighted by Crippen LogP contribution is -2.11. The Balaban J connectivity index is 1.45. The molecule has 36 heavy (non-hydrogen) atoms. The van der Waals surface area contributed by atoms with Crippen LogP contribution in [0.3, 0.4) is 0 Å². The Labute approximate surface area is 209 Å². The molecule has 5 aromatic carbocycles. The molecule has 0 saturated heterocycles. The van der Waals surface area contributed by atoms with Crippen molar-refractivity contribution in [3.8, 4) is 22.6 Å². The van der Waals surface area contributed by atoms with E-state index in [2.05, 4.69) is 0 Å². The van der Waals surface area contributed by atoms with Crippen molar-refractivity contribution in [2.75, 3.05) is 0 Å². The van der Waals surface area contributed by atoms with E-state index in [0.29, 0.717) is 22.4 Å². The molecular formula is C32H22O4. The normalized spacial score (nSPS) is 10.9. The molecule has 0 spiro atoms. The van der Waals surface area contributed by atoms with Crippen LogP contribution in [-0.4, -0.2) is 11.9 Å². The van der Waals surface area contributed by atoms with Crippen molar-refractivity contribution < 1.29 is 19.1 Å². The lowest BCUT2D eigenvalue weighted by molar-refractivity contribution is -0.128. The maximum atomic E-state index is 13.3. The number of carbonyl (C=O) groups is 2. The predicted molar refractivity (Wildman–Crippen MR) is 142 cm³/mol. The molecule has 0 aliphatic carbocycles. The summed E-state index contributed by atoms with van der Waals surface area (Å²) in [5.41, 5.74) is 3.03. The highest BCUT2D eigenvalue weighted by Gasteiger charge is 2.18. The molecule has 0 atom stereocenters. The van der Waals surface area contributed by atoms with Gasteiger partial charge in [-0.2, -0.15) is 0 Å². The van der Waals surface area contributed by atoms with Gasteiger partial charge in [-0.3, -0.25) is 0 Å². The average Bonchev–Trinajstić information content (AvgIpc) is 2.93. The highest BCUT2D eigenvalue weighted by Crippen LogP contribution is 2.35. The van der Waals surface area contributed by atoms with Crippen molar-refractivity contribution in [1.82, 2.24) is 0 Å². The Bertz CT molecular complexity index is 1550. The summed E-state index contributed by atoms with van der Waals surface area (Å²) in [5, 5.41) is 1.33. The minimum atomic E-state index is -0.526. The van der Waals surface area contributed by atoms with Crippen LogP contribution in [0.4, 0.5) is 0 Å². The van der Waals surface area contributed by atoms with Crippen LogP contribution in [0.2, 0.25) is 0 Å². The van der Waals surface area contributed by atoms with Crippen molar-refractivity contribution in [2.45, 2.75) is 0 Å². The molecular weight excluding hydrogens is 448 g/mol. The van der Waals surface area contributed by atoms with E-state index in [1.165, 1.54) is 6.08 Å². The number of carbonyl (C=O) groups excluding carboxylic acids is 2. The number of fused-ring (bicyclic) bond motifs is 1. The second kappa shape index (κ2) is 10.5. The summed E-state index contributed by atoms with van der Waals surface area (Å²) in [5.74, 6) is -0.389. The first-order valence-electron chi connectivity index (χ1n) is 11.5. The van der Waals surface area contributed by atoms with Gasteiger partial charge < -0.3 is 9.47 Å². The van der Waals surface area contributed by atoms with Crippen LogP contribution in [0, 0.1) is 0 Å². The number of hydrogen-bond acceptors (Lipinski definition) is 4. The van der Waals surface area contributed by atoms with Gasteiger partial charge in [0.1, 0.15) is 11.5 Å². The molecule has 0 aliphatic rings. The van der Waals surface area contributed by atoms with E-state index in [-0.39, 0.29) is 0 Å². The molecule has 0 unspecified atom stereocenters. The summed E-state index contributed by atoms with van der Waals surface area (Å²) in [7, 11) is 0. The quantitative estimate of drug-likeness (QED) is 0.148. The second-order valence-corrected chi connectivity index (χ2v) is 8.08. The molecule has 0 saturated carbocycles. The van der Waals surface area contributed by atoms with E-state index in [1.807, 2.05) is 84.9 Å². The Morgan fingerprint density at radius 1 is 0.583 bits per heavy atom. The van der Waals surface area contributed by atoms with Crippen LogP contribution in [0.1, 0.15) is 15.9 Å². The van der Waals surface area contributed by atoms with Gasteiger partial charge in [-0.05, 0) is 46.4 Å². The number of esters is 2. The van der Waals surface area contributed by atoms with Crippen LogP contribution in [0.25, 0.3) is 28.0 Å². The fourth-order valence-electron chi connectivity index (χ4n) is 4.00. The van der Waals surface area contributed by atoms with E-state index in [9.17, 15) is 9.59 Å². The molecule has 0 heterocycles. The maximum Gasteiger partial charge on any atom is 0.344 e. The molecule has 0 aliphatic heterocycles. The minimum Gasteiger partial charge on any atom is -0.423 e. The summed E-state index contributed by atoms with van der Waals surface area (Å²) in [6.45, 7) is 0. The van der Waals surface area contributed by atoms with Crippen molar-refractivity contribution >= 4 is 28.8 Å². The zero-order valence-corrected chi connectivity index (χ0v) is 19.3. The standard InChI is InChI=1S/C32H22O4/c33-30(22-21-23-11-3-1-4-12-23)35-28-19-9-15-25-16-10-20-29(31(25)28)36-32(34)27-18-8-7-17-26(27)24-13-5-2-6-14-24/h1-22H/b22-21+. The summed E-state index contributed by atoms with van der Waals surface area (Å²) < 4.78 is 11.5. The smallest absolute Gasteiger partial charge is 0.344 e. The van der Waals surface area contributed by atoms with Gasteiger partial charge >= 0.3 is 11.9 Å². The second-order valence-electron chi connectivity index (χ2n) is 8.08. The Kier molecular flexibility index (Phi) is 6.68. The van der Waals surface area contributed by atoms with Gasteiger partial charge in [-0.25, -0.2) is 9.59 Å². The molecule has 0 radical (unpaired) electrons. The third-order valence-corrected chi connectivity index (χ3v) is 5.68. The molecule has 0 amide bonds. The van der Waals surface area contributed by atoms with Crippen LogP contribution in [0.5, 0.6) is 11.5 Å². The number of rotatable bonds is 6. The molecule has 4 nitrogen and oxygen atoms in total. The Morgan fingerprint density at radius 2 is 1.19 bits per heavy atom. The Hall–Kier alpha value is -4.96.